The molecule has 0 fully saturated rings. The van der Waals surface area contributed by atoms with E-state index >= 15 is 0 Å². The molecule has 0 aromatic carbocycles. The number of nitrogens with zero attached hydrogens (tertiary/aromatic N) is 1. The molecule has 0 amide bonds. The number of aliphatic hydroxyl groups is 1. The second-order valence-corrected chi connectivity index (χ2v) is 5.11. The summed E-state index contributed by atoms with van der Waals surface area (Å²) in [5, 5.41) is 28.4. The first-order valence-electron chi connectivity index (χ1n) is 6.54. The van der Waals surface area contributed by atoms with Gasteiger partial charge in [-0.1, -0.05) is 17.7 Å². The Balaban J connectivity index is 2.20. The highest BCUT2D eigenvalue weighted by atomic mass is 35.5. The van der Waals surface area contributed by atoms with E-state index in [0.29, 0.717) is 16.3 Å². The van der Waals surface area contributed by atoms with E-state index in [0.717, 1.165) is 25.1 Å². The van der Waals surface area contributed by atoms with Crippen LogP contribution in [0, 0.1) is 10.8 Å². The van der Waals surface area contributed by atoms with Crippen LogP contribution in [0.15, 0.2) is 18.3 Å². The van der Waals surface area contributed by atoms with Crippen molar-refractivity contribution in [1.82, 2.24) is 10.3 Å². The van der Waals surface area contributed by atoms with Gasteiger partial charge in [-0.25, -0.2) is 0 Å². The molecule has 1 aliphatic heterocycles. The average Bonchev–Trinajstić information content (AvgIpc) is 2.46. The van der Waals surface area contributed by atoms with Crippen molar-refractivity contribution in [2.24, 2.45) is 0 Å². The third-order valence-electron chi connectivity index (χ3n) is 3.06. The number of pyridine rings is 1. The highest BCUT2D eigenvalue weighted by Gasteiger charge is 2.19. The molecule has 21 heavy (non-hydrogen) atoms. The normalized spacial score (nSPS) is 16.0. The van der Waals surface area contributed by atoms with Gasteiger partial charge in [0.1, 0.15) is 0 Å². The van der Waals surface area contributed by atoms with Crippen LogP contribution < -0.4 is 5.32 Å². The lowest BCUT2D eigenvalue weighted by molar-refractivity contribution is 0.220. The first kappa shape index (κ1) is 15.6. The fourth-order valence-corrected chi connectivity index (χ4v) is 2.34. The maximum atomic E-state index is 9.99. The van der Waals surface area contributed by atoms with Crippen LogP contribution in [0.1, 0.15) is 30.7 Å². The topological polar surface area (TPSA) is 102 Å². The molecule has 0 spiro atoms. The van der Waals surface area contributed by atoms with E-state index in [-0.39, 0.29) is 5.90 Å². The maximum absolute atomic E-state index is 9.99. The molecule has 1 atom stereocenters. The van der Waals surface area contributed by atoms with Gasteiger partial charge >= 0.3 is 0 Å². The van der Waals surface area contributed by atoms with Gasteiger partial charge in [0.2, 0.25) is 5.90 Å². The zero-order valence-corrected chi connectivity index (χ0v) is 12.4. The SMILES string of the molecule is CC(=N)OC(=N)C(O)c1cnc(C2=CCNCC2)c(Cl)c1. The maximum Gasteiger partial charge on any atom is 0.222 e. The number of rotatable bonds is 3. The summed E-state index contributed by atoms with van der Waals surface area (Å²) in [7, 11) is 0. The van der Waals surface area contributed by atoms with Crippen LogP contribution in [-0.4, -0.2) is 35.0 Å². The van der Waals surface area contributed by atoms with Gasteiger partial charge in [-0.15, -0.1) is 0 Å². The van der Waals surface area contributed by atoms with Gasteiger partial charge in [-0.05, 0) is 24.6 Å². The highest BCUT2D eigenvalue weighted by molar-refractivity contribution is 6.32. The number of aromatic nitrogens is 1. The van der Waals surface area contributed by atoms with E-state index in [1.54, 1.807) is 6.07 Å². The predicted octanol–water partition coefficient (Wildman–Crippen LogP) is 2.14. The number of halogens is 1. The molecule has 6 nitrogen and oxygen atoms in total. The average molecular weight is 309 g/mol. The Hall–Kier alpha value is -1.76. The minimum absolute atomic E-state index is 0.158. The Labute approximate surface area is 127 Å². The van der Waals surface area contributed by atoms with Crippen LogP contribution in [0.3, 0.4) is 0 Å². The van der Waals surface area contributed by atoms with Crippen molar-refractivity contribution in [3.05, 3.63) is 34.6 Å². The smallest absolute Gasteiger partial charge is 0.222 e. The van der Waals surface area contributed by atoms with Crippen LogP contribution in [0.4, 0.5) is 0 Å². The lowest BCUT2D eigenvalue weighted by atomic mass is 10.0. The Morgan fingerprint density at radius 1 is 1.52 bits per heavy atom. The van der Waals surface area contributed by atoms with Crippen LogP contribution in [0.5, 0.6) is 0 Å². The van der Waals surface area contributed by atoms with Gasteiger partial charge < -0.3 is 15.2 Å². The summed E-state index contributed by atoms with van der Waals surface area (Å²) in [5.74, 6) is -0.580. The van der Waals surface area contributed by atoms with Crippen LogP contribution >= 0.6 is 11.6 Å². The molecule has 0 radical (unpaired) electrons. The quantitative estimate of drug-likeness (QED) is 0.507. The summed E-state index contributed by atoms with van der Waals surface area (Å²) in [6.45, 7) is 3.05. The minimum atomic E-state index is -1.29. The fourth-order valence-electron chi connectivity index (χ4n) is 2.05. The van der Waals surface area contributed by atoms with Crippen molar-refractivity contribution >= 4 is 29.0 Å². The molecule has 2 rings (SSSR count). The largest absolute Gasteiger partial charge is 0.427 e. The number of hydrogen-bond acceptors (Lipinski definition) is 6. The van der Waals surface area contributed by atoms with E-state index in [2.05, 4.69) is 10.3 Å². The number of nitrogens with one attached hydrogen (secondary N) is 3. The first-order chi connectivity index (χ1) is 9.99. The summed E-state index contributed by atoms with van der Waals surface area (Å²) in [6.07, 6.45) is 3.08. The monoisotopic (exact) mass is 308 g/mol. The molecule has 1 unspecified atom stereocenters. The number of ether oxygens (including phenoxy) is 1. The van der Waals surface area contributed by atoms with Crippen LogP contribution in [-0.2, 0) is 4.74 Å². The van der Waals surface area contributed by atoms with Gasteiger partial charge in [-0.3, -0.25) is 15.8 Å². The molecule has 0 saturated carbocycles. The molecule has 4 N–H and O–H groups in total. The molecule has 1 aromatic heterocycles. The molecule has 0 saturated heterocycles. The van der Waals surface area contributed by atoms with E-state index < -0.39 is 12.0 Å². The van der Waals surface area contributed by atoms with E-state index in [9.17, 15) is 5.11 Å². The molecule has 1 aromatic rings. The zero-order valence-electron chi connectivity index (χ0n) is 11.6. The fraction of sp³-hybridized carbons (Fsp3) is 0.357. The third kappa shape index (κ3) is 3.87. The van der Waals surface area contributed by atoms with Crippen molar-refractivity contribution in [3.63, 3.8) is 0 Å². The van der Waals surface area contributed by atoms with Crippen molar-refractivity contribution in [1.29, 1.82) is 10.8 Å². The Morgan fingerprint density at radius 3 is 2.86 bits per heavy atom. The minimum Gasteiger partial charge on any atom is -0.427 e. The second kappa shape index (κ2) is 6.80. The summed E-state index contributed by atoms with van der Waals surface area (Å²) in [6, 6.07) is 1.58. The van der Waals surface area contributed by atoms with Gasteiger partial charge in [0, 0.05) is 25.2 Å². The van der Waals surface area contributed by atoms with Crippen molar-refractivity contribution < 1.29 is 9.84 Å². The Morgan fingerprint density at radius 2 is 2.29 bits per heavy atom. The zero-order chi connectivity index (χ0) is 15.4. The molecule has 2 heterocycles. The molecule has 7 heteroatoms. The number of hydrogen-bond donors (Lipinski definition) is 4. The summed E-state index contributed by atoms with van der Waals surface area (Å²) in [4.78, 5) is 4.29. The lowest BCUT2D eigenvalue weighted by Crippen LogP contribution is -2.20. The number of aliphatic hydroxyl groups excluding tert-OH is 1. The van der Waals surface area contributed by atoms with Gasteiger partial charge in [0.15, 0.2) is 12.0 Å². The summed E-state index contributed by atoms with van der Waals surface area (Å²) in [5.41, 5.74) is 2.13. The second-order valence-electron chi connectivity index (χ2n) is 4.71. The van der Waals surface area contributed by atoms with Crippen LogP contribution in [0.25, 0.3) is 5.57 Å². The van der Waals surface area contributed by atoms with Crippen molar-refractivity contribution in [3.8, 4) is 0 Å². The molecule has 0 aliphatic carbocycles. The first-order valence-corrected chi connectivity index (χ1v) is 6.92. The van der Waals surface area contributed by atoms with Gasteiger partial charge in [-0.2, -0.15) is 0 Å². The molecule has 1 aliphatic rings. The Bertz CT molecular complexity index is 601. The van der Waals surface area contributed by atoms with E-state index in [1.807, 2.05) is 6.08 Å². The van der Waals surface area contributed by atoms with E-state index in [4.69, 9.17) is 27.2 Å². The van der Waals surface area contributed by atoms with Crippen molar-refractivity contribution in [2.75, 3.05) is 13.1 Å². The lowest BCUT2D eigenvalue weighted by Gasteiger charge is -2.16. The molecular weight excluding hydrogens is 292 g/mol. The van der Waals surface area contributed by atoms with Gasteiger partial charge in [0.25, 0.3) is 0 Å². The third-order valence-corrected chi connectivity index (χ3v) is 3.35. The van der Waals surface area contributed by atoms with Crippen LogP contribution in [0.2, 0.25) is 5.02 Å². The Kier molecular flexibility index (Phi) is 5.06. The molecule has 0 bridgehead atoms. The molecular formula is C14H17ClN4O2. The van der Waals surface area contributed by atoms with Gasteiger partial charge in [0.05, 0.1) is 10.7 Å². The highest BCUT2D eigenvalue weighted by Crippen LogP contribution is 2.28. The van der Waals surface area contributed by atoms with E-state index in [1.165, 1.54) is 13.1 Å². The predicted molar refractivity (Wildman–Crippen MR) is 81.9 cm³/mol. The standard InChI is InChI=1S/C14H17ClN4O2/c1-8(16)21-14(17)13(20)10-6-11(15)12(19-7-10)9-2-4-18-5-3-9/h2,6-7,13,16-18,20H,3-5H2,1H3. The molecule has 112 valence electrons. The summed E-state index contributed by atoms with van der Waals surface area (Å²) < 4.78 is 4.78. The van der Waals surface area contributed by atoms with Crippen molar-refractivity contribution in [2.45, 2.75) is 19.4 Å². The summed E-state index contributed by atoms with van der Waals surface area (Å²) >= 11 is 6.23.